The average Bonchev–Trinajstić information content (AvgIpc) is 3.37. The van der Waals surface area contributed by atoms with Gasteiger partial charge in [-0.1, -0.05) is 38.1 Å². The Bertz CT molecular complexity index is 1150. The Balaban J connectivity index is 0.00000126. The summed E-state index contributed by atoms with van der Waals surface area (Å²) in [5.74, 6) is -4.40. The predicted molar refractivity (Wildman–Crippen MR) is 166 cm³/mol. The molecule has 1 aromatic carbocycles. The van der Waals surface area contributed by atoms with Crippen LogP contribution in [-0.4, -0.2) is 111 Å². The van der Waals surface area contributed by atoms with Gasteiger partial charge in [0.1, 0.15) is 17.9 Å². The summed E-state index contributed by atoms with van der Waals surface area (Å²) >= 11 is 5.75. The third-order valence-corrected chi connectivity index (χ3v) is 7.23. The highest BCUT2D eigenvalue weighted by atomic mass is 32.2. The summed E-state index contributed by atoms with van der Waals surface area (Å²) in [5, 5.41) is 26.5. The van der Waals surface area contributed by atoms with E-state index in [1.54, 1.807) is 11.8 Å². The SMILES string of the molecule is CSCC[C@H](NC(=O)[C@@H]1C[C@H](Oc2ccc(C(C)C)cc2)CN1C/C=C/[C@@H](N)CS)C(=O)O.O=C(O)C(F)(F)F.O=C(O)C(F)(F)F. The molecular formula is C28H39F6N3O8S2. The topological polar surface area (TPSA) is 179 Å². The fourth-order valence-corrected chi connectivity index (χ4v) is 4.33. The highest BCUT2D eigenvalue weighted by molar-refractivity contribution is 7.98. The fraction of sp³-hybridized carbons (Fsp3) is 0.571. The van der Waals surface area contributed by atoms with Crippen molar-refractivity contribution in [3.8, 4) is 5.75 Å². The number of benzene rings is 1. The Morgan fingerprint density at radius 2 is 1.57 bits per heavy atom. The van der Waals surface area contributed by atoms with E-state index >= 15 is 0 Å². The van der Waals surface area contributed by atoms with E-state index in [9.17, 15) is 41.0 Å². The van der Waals surface area contributed by atoms with Crippen LogP contribution < -0.4 is 15.8 Å². The number of carboxylic acids is 3. The van der Waals surface area contributed by atoms with Crippen LogP contribution in [0.25, 0.3) is 0 Å². The lowest BCUT2D eigenvalue weighted by Crippen LogP contribution is -2.49. The summed E-state index contributed by atoms with van der Waals surface area (Å²) in [6.07, 6.45) is -3.75. The zero-order chi connectivity index (χ0) is 36.5. The second-order valence-electron chi connectivity index (χ2n) is 10.2. The van der Waals surface area contributed by atoms with E-state index in [-0.39, 0.29) is 18.1 Å². The van der Waals surface area contributed by atoms with E-state index in [1.165, 1.54) is 5.56 Å². The zero-order valence-corrected chi connectivity index (χ0v) is 27.3. The molecule has 0 radical (unpaired) electrons. The largest absolute Gasteiger partial charge is 0.490 e. The first-order valence-electron chi connectivity index (χ1n) is 13.8. The molecule has 1 fully saturated rings. The molecule has 1 saturated heterocycles. The Morgan fingerprint density at radius 1 is 1.06 bits per heavy atom. The lowest BCUT2D eigenvalue weighted by Gasteiger charge is -2.24. The average molecular weight is 724 g/mol. The number of hydrogen-bond donors (Lipinski definition) is 6. The molecule has 1 aromatic rings. The molecule has 268 valence electrons. The van der Waals surface area contributed by atoms with Gasteiger partial charge in [-0.15, -0.1) is 0 Å². The molecule has 1 amide bonds. The third kappa shape index (κ3) is 18.1. The van der Waals surface area contributed by atoms with Gasteiger partial charge in [-0.05, 0) is 42.0 Å². The van der Waals surface area contributed by atoms with Crippen molar-refractivity contribution < 1.29 is 65.6 Å². The van der Waals surface area contributed by atoms with Gasteiger partial charge in [0.25, 0.3) is 0 Å². The number of aliphatic carboxylic acids is 3. The van der Waals surface area contributed by atoms with Crippen LogP contribution in [0.5, 0.6) is 5.75 Å². The lowest BCUT2D eigenvalue weighted by molar-refractivity contribution is -0.193. The number of ether oxygens (including phenoxy) is 1. The third-order valence-electron chi connectivity index (χ3n) is 6.16. The molecule has 0 aromatic heterocycles. The van der Waals surface area contributed by atoms with Gasteiger partial charge in [-0.25, -0.2) is 14.4 Å². The summed E-state index contributed by atoms with van der Waals surface area (Å²) in [6, 6.07) is 6.51. The number of amides is 1. The molecule has 6 N–H and O–H groups in total. The number of rotatable bonds is 13. The Kier molecular flexibility index (Phi) is 19.5. The lowest BCUT2D eigenvalue weighted by atomic mass is 10.0. The van der Waals surface area contributed by atoms with Crippen molar-refractivity contribution in [2.75, 3.05) is 30.9 Å². The van der Waals surface area contributed by atoms with Gasteiger partial charge in [0.2, 0.25) is 5.91 Å². The Labute approximate surface area is 277 Å². The van der Waals surface area contributed by atoms with Crippen molar-refractivity contribution in [2.45, 2.75) is 69.2 Å². The number of thiol groups is 1. The second-order valence-corrected chi connectivity index (χ2v) is 11.6. The molecule has 0 bridgehead atoms. The van der Waals surface area contributed by atoms with Crippen LogP contribution in [0.2, 0.25) is 0 Å². The molecule has 0 saturated carbocycles. The quantitative estimate of drug-likeness (QED) is 0.0984. The maximum Gasteiger partial charge on any atom is 0.490 e. The van der Waals surface area contributed by atoms with E-state index in [1.807, 2.05) is 35.4 Å². The van der Waals surface area contributed by atoms with Gasteiger partial charge in [0.15, 0.2) is 0 Å². The van der Waals surface area contributed by atoms with Crippen molar-refractivity contribution in [1.29, 1.82) is 0 Å². The van der Waals surface area contributed by atoms with Crippen molar-refractivity contribution in [1.82, 2.24) is 10.2 Å². The van der Waals surface area contributed by atoms with Gasteiger partial charge in [0, 0.05) is 31.3 Å². The van der Waals surface area contributed by atoms with Crippen molar-refractivity contribution in [3.63, 3.8) is 0 Å². The molecule has 1 heterocycles. The second kappa shape index (κ2) is 20.9. The van der Waals surface area contributed by atoms with Crippen molar-refractivity contribution in [3.05, 3.63) is 42.0 Å². The van der Waals surface area contributed by atoms with Crippen LogP contribution in [0, 0.1) is 0 Å². The monoisotopic (exact) mass is 723 g/mol. The predicted octanol–water partition coefficient (Wildman–Crippen LogP) is 4.03. The van der Waals surface area contributed by atoms with Crippen LogP contribution in [0.3, 0.4) is 0 Å². The van der Waals surface area contributed by atoms with E-state index < -0.39 is 42.3 Å². The first kappa shape index (κ1) is 43.8. The number of likely N-dealkylation sites (tertiary alicyclic amines) is 1. The molecule has 4 atom stereocenters. The number of hydrogen-bond acceptors (Lipinski definition) is 9. The summed E-state index contributed by atoms with van der Waals surface area (Å²) in [6.45, 7) is 5.37. The zero-order valence-electron chi connectivity index (χ0n) is 25.6. The standard InChI is InChI=1S/C24H37N3O4S2.2C2HF3O2/c1-16(2)17-6-8-19(9-7-17)31-20-13-22(27(14-20)11-4-5-18(25)15-32)23(28)26-21(24(29)30)10-12-33-3;2*3-2(4,5)1(6)7/h4-9,16,18,20-22,32H,10-15,25H2,1-3H3,(H,26,28)(H,29,30);2*(H,6,7)/b5-4+;;/t18-,20+,21+,22+;;/m1../s1. The van der Waals surface area contributed by atoms with Crippen LogP contribution in [-0.2, 0) is 19.2 Å². The fourth-order valence-electron chi connectivity index (χ4n) is 3.74. The molecule has 1 aliphatic rings. The Hall–Kier alpha value is -3.16. The number of nitrogens with zero attached hydrogens (tertiary/aromatic N) is 1. The molecule has 0 unspecified atom stereocenters. The van der Waals surface area contributed by atoms with Gasteiger partial charge < -0.3 is 31.1 Å². The number of thioether (sulfide) groups is 1. The number of alkyl halides is 6. The molecule has 1 aliphatic heterocycles. The van der Waals surface area contributed by atoms with Crippen LogP contribution in [0.15, 0.2) is 36.4 Å². The van der Waals surface area contributed by atoms with E-state index in [4.69, 9.17) is 30.3 Å². The summed E-state index contributed by atoms with van der Waals surface area (Å²) in [7, 11) is 0. The first-order valence-corrected chi connectivity index (χ1v) is 15.8. The summed E-state index contributed by atoms with van der Waals surface area (Å²) < 4.78 is 69.7. The minimum Gasteiger partial charge on any atom is -0.489 e. The molecule has 2 rings (SSSR count). The minimum absolute atomic E-state index is 0.155. The molecular weight excluding hydrogens is 684 g/mol. The van der Waals surface area contributed by atoms with Crippen LogP contribution in [0.1, 0.15) is 38.2 Å². The maximum absolute atomic E-state index is 13.1. The van der Waals surface area contributed by atoms with Crippen LogP contribution in [0.4, 0.5) is 26.3 Å². The number of halogens is 6. The van der Waals surface area contributed by atoms with Gasteiger partial charge in [0.05, 0.1) is 6.04 Å². The highest BCUT2D eigenvalue weighted by Gasteiger charge is 2.40. The van der Waals surface area contributed by atoms with Crippen molar-refractivity contribution in [2.24, 2.45) is 5.73 Å². The van der Waals surface area contributed by atoms with Crippen molar-refractivity contribution >= 4 is 48.2 Å². The molecule has 19 heteroatoms. The van der Waals surface area contributed by atoms with Gasteiger partial charge in [-0.2, -0.15) is 50.7 Å². The summed E-state index contributed by atoms with van der Waals surface area (Å²) in [4.78, 5) is 44.5. The number of nitrogens with one attached hydrogen (secondary N) is 1. The summed E-state index contributed by atoms with van der Waals surface area (Å²) in [5.41, 5.74) is 7.15. The highest BCUT2D eigenvalue weighted by Crippen LogP contribution is 2.25. The normalized spacial score (nSPS) is 18.0. The minimum atomic E-state index is -5.08. The molecule has 47 heavy (non-hydrogen) atoms. The van der Waals surface area contributed by atoms with E-state index in [2.05, 4.69) is 43.9 Å². The molecule has 11 nitrogen and oxygen atoms in total. The number of carboxylic acid groups (broad SMARTS) is 3. The number of nitrogens with two attached hydrogens (primary N) is 1. The molecule has 0 aliphatic carbocycles. The first-order chi connectivity index (χ1) is 21.6. The van der Waals surface area contributed by atoms with E-state index in [0.717, 1.165) is 5.75 Å². The number of carbonyl (C=O) groups is 4. The maximum atomic E-state index is 13.1. The van der Waals surface area contributed by atoms with Crippen LogP contribution >= 0.6 is 24.4 Å². The number of carbonyl (C=O) groups excluding carboxylic acids is 1. The van der Waals surface area contributed by atoms with E-state index in [0.29, 0.717) is 43.4 Å². The molecule has 0 spiro atoms. The smallest absolute Gasteiger partial charge is 0.489 e. The van der Waals surface area contributed by atoms with Gasteiger partial charge >= 0.3 is 30.3 Å². The Morgan fingerprint density at radius 3 is 1.98 bits per heavy atom. The van der Waals surface area contributed by atoms with Gasteiger partial charge in [-0.3, -0.25) is 9.69 Å².